The molecule has 2 fully saturated rings. The first kappa shape index (κ1) is 14.3. The van der Waals surface area contributed by atoms with Crippen LogP contribution in [0.1, 0.15) is 73.7 Å². The van der Waals surface area contributed by atoms with E-state index in [1.165, 1.54) is 51.4 Å². The van der Waals surface area contributed by atoms with Gasteiger partial charge in [0, 0.05) is 21.8 Å². The minimum atomic E-state index is 0.537. The quantitative estimate of drug-likeness (QED) is 0.815. The Balaban J connectivity index is 1.41. The molecule has 0 spiro atoms. The van der Waals surface area contributed by atoms with Gasteiger partial charge in [0.1, 0.15) is 0 Å². The highest BCUT2D eigenvalue weighted by Gasteiger charge is 2.41. The van der Waals surface area contributed by atoms with Gasteiger partial charge in [0.05, 0.1) is 0 Å². The lowest BCUT2D eigenvalue weighted by atomic mass is 9.83. The maximum absolute atomic E-state index is 3.94. The van der Waals surface area contributed by atoms with E-state index in [-0.39, 0.29) is 0 Å². The molecule has 0 aliphatic heterocycles. The van der Waals surface area contributed by atoms with Gasteiger partial charge < -0.3 is 5.32 Å². The second-order valence-electron chi connectivity index (χ2n) is 7.82. The molecule has 2 heteroatoms. The summed E-state index contributed by atoms with van der Waals surface area (Å²) in [6, 6.07) is 3.73. The normalized spacial score (nSPS) is 33.9. The fraction of sp³-hybridized carbons (Fsp3) is 0.789. The van der Waals surface area contributed by atoms with Crippen molar-refractivity contribution in [1.29, 1.82) is 0 Å². The van der Waals surface area contributed by atoms with Crippen molar-refractivity contribution in [3.63, 3.8) is 0 Å². The van der Waals surface area contributed by atoms with E-state index in [4.69, 9.17) is 0 Å². The van der Waals surface area contributed by atoms with E-state index >= 15 is 0 Å². The predicted octanol–water partition coefficient (Wildman–Crippen LogP) is 5.10. The van der Waals surface area contributed by atoms with Crippen LogP contribution in [0.15, 0.2) is 6.07 Å². The van der Waals surface area contributed by atoms with Gasteiger partial charge in [0.15, 0.2) is 0 Å². The molecule has 1 aromatic heterocycles. The Morgan fingerprint density at radius 1 is 1.14 bits per heavy atom. The van der Waals surface area contributed by atoms with Crippen molar-refractivity contribution in [2.24, 2.45) is 17.8 Å². The maximum Gasteiger partial charge on any atom is 0.0388 e. The van der Waals surface area contributed by atoms with Gasteiger partial charge in [-0.05, 0) is 88.2 Å². The summed E-state index contributed by atoms with van der Waals surface area (Å²) in [7, 11) is 0. The standard InChI is InChI=1S/C19H29NS/c1-12(17-10-14-7-8-15(17)9-14)20-13(2)19-11-16-5-3-4-6-18(16)21-19/h11-15,17,20H,3-10H2,1-2H3. The first-order valence-electron chi connectivity index (χ1n) is 9.08. The van der Waals surface area contributed by atoms with E-state index in [9.17, 15) is 0 Å². The van der Waals surface area contributed by atoms with Crippen molar-refractivity contribution in [1.82, 2.24) is 5.32 Å². The molecule has 1 nitrogen and oxygen atoms in total. The zero-order chi connectivity index (χ0) is 14.4. The number of rotatable bonds is 4. The molecule has 3 aliphatic carbocycles. The molecule has 0 amide bonds. The lowest BCUT2D eigenvalue weighted by molar-refractivity contribution is 0.249. The molecule has 3 aliphatic rings. The summed E-state index contributed by atoms with van der Waals surface area (Å²) in [5.41, 5.74) is 1.66. The lowest BCUT2D eigenvalue weighted by Gasteiger charge is -2.30. The molecule has 0 radical (unpaired) electrons. The Kier molecular flexibility index (Phi) is 3.87. The minimum absolute atomic E-state index is 0.537. The van der Waals surface area contributed by atoms with Crippen LogP contribution in [-0.4, -0.2) is 6.04 Å². The number of fused-ring (bicyclic) bond motifs is 3. The van der Waals surface area contributed by atoms with Crippen molar-refractivity contribution >= 4 is 11.3 Å². The summed E-state index contributed by atoms with van der Waals surface area (Å²) in [4.78, 5) is 3.26. The molecular weight excluding hydrogens is 274 g/mol. The fourth-order valence-corrected chi connectivity index (χ4v) is 6.50. The van der Waals surface area contributed by atoms with Gasteiger partial charge in [-0.25, -0.2) is 0 Å². The molecule has 0 aromatic carbocycles. The van der Waals surface area contributed by atoms with Crippen LogP contribution < -0.4 is 5.32 Å². The Hall–Kier alpha value is -0.340. The lowest BCUT2D eigenvalue weighted by Crippen LogP contribution is -2.37. The van der Waals surface area contributed by atoms with Crippen molar-refractivity contribution in [2.45, 2.75) is 77.3 Å². The van der Waals surface area contributed by atoms with Gasteiger partial charge in [-0.3, -0.25) is 0 Å². The van der Waals surface area contributed by atoms with Gasteiger partial charge in [-0.1, -0.05) is 6.42 Å². The Morgan fingerprint density at radius 3 is 2.71 bits per heavy atom. The highest BCUT2D eigenvalue weighted by molar-refractivity contribution is 7.12. The molecule has 1 aromatic rings. The average molecular weight is 304 g/mol. The topological polar surface area (TPSA) is 12.0 Å². The van der Waals surface area contributed by atoms with Gasteiger partial charge >= 0.3 is 0 Å². The second-order valence-corrected chi connectivity index (χ2v) is 8.99. The van der Waals surface area contributed by atoms with Crippen molar-refractivity contribution < 1.29 is 0 Å². The Labute approximate surface area is 133 Å². The fourth-order valence-electron chi connectivity index (χ4n) is 5.23. The summed E-state index contributed by atoms with van der Waals surface area (Å²) in [5.74, 6) is 3.04. The van der Waals surface area contributed by atoms with Crippen LogP contribution in [-0.2, 0) is 12.8 Å². The monoisotopic (exact) mass is 303 g/mol. The van der Waals surface area contributed by atoms with Gasteiger partial charge in [0.25, 0.3) is 0 Å². The average Bonchev–Trinajstić information content (AvgIpc) is 3.21. The zero-order valence-electron chi connectivity index (χ0n) is 13.5. The minimum Gasteiger partial charge on any atom is -0.307 e. The van der Waals surface area contributed by atoms with E-state index in [2.05, 4.69) is 36.6 Å². The van der Waals surface area contributed by atoms with Gasteiger partial charge in [-0.15, -0.1) is 11.3 Å². The van der Waals surface area contributed by atoms with E-state index in [0.29, 0.717) is 12.1 Å². The smallest absolute Gasteiger partial charge is 0.0388 e. The molecule has 1 N–H and O–H groups in total. The molecule has 4 rings (SSSR count). The van der Waals surface area contributed by atoms with E-state index in [1.54, 1.807) is 15.3 Å². The van der Waals surface area contributed by atoms with Crippen molar-refractivity contribution in [2.75, 3.05) is 0 Å². The van der Waals surface area contributed by atoms with E-state index < -0.39 is 0 Å². The molecule has 0 saturated heterocycles. The highest BCUT2D eigenvalue weighted by atomic mass is 32.1. The number of thiophene rings is 1. The summed E-state index contributed by atoms with van der Waals surface area (Å²) in [5, 5.41) is 3.94. The van der Waals surface area contributed by atoms with Crippen LogP contribution in [0, 0.1) is 17.8 Å². The third-order valence-electron chi connectivity index (χ3n) is 6.39. The van der Waals surface area contributed by atoms with Crippen molar-refractivity contribution in [3.05, 3.63) is 21.4 Å². The first-order valence-corrected chi connectivity index (χ1v) is 9.90. The largest absolute Gasteiger partial charge is 0.307 e. The number of hydrogen-bond acceptors (Lipinski definition) is 2. The molecular formula is C19H29NS. The van der Waals surface area contributed by atoms with Gasteiger partial charge in [0.2, 0.25) is 0 Å². The Bertz CT molecular complexity index is 482. The maximum atomic E-state index is 3.94. The third-order valence-corrected chi connectivity index (χ3v) is 7.81. The number of hydrogen-bond donors (Lipinski definition) is 1. The first-order chi connectivity index (χ1) is 10.2. The van der Waals surface area contributed by atoms with Crippen LogP contribution in [0.2, 0.25) is 0 Å². The van der Waals surface area contributed by atoms with Crippen LogP contribution in [0.3, 0.4) is 0 Å². The Morgan fingerprint density at radius 2 is 2.00 bits per heavy atom. The van der Waals surface area contributed by atoms with E-state index in [1.807, 2.05) is 0 Å². The molecule has 21 heavy (non-hydrogen) atoms. The third kappa shape index (κ3) is 2.70. The zero-order valence-corrected chi connectivity index (χ0v) is 14.3. The summed E-state index contributed by atoms with van der Waals surface area (Å²) in [6.45, 7) is 4.82. The summed E-state index contributed by atoms with van der Waals surface area (Å²) in [6.07, 6.45) is 11.5. The highest BCUT2D eigenvalue weighted by Crippen LogP contribution is 2.49. The molecule has 5 unspecified atom stereocenters. The molecule has 1 heterocycles. The molecule has 116 valence electrons. The molecule has 2 saturated carbocycles. The number of nitrogens with one attached hydrogen (secondary N) is 1. The van der Waals surface area contributed by atoms with Gasteiger partial charge in [-0.2, -0.15) is 0 Å². The second kappa shape index (κ2) is 5.70. The number of aryl methyl sites for hydroxylation is 2. The van der Waals surface area contributed by atoms with Crippen LogP contribution in [0.25, 0.3) is 0 Å². The summed E-state index contributed by atoms with van der Waals surface area (Å²) < 4.78 is 0. The van der Waals surface area contributed by atoms with E-state index in [0.717, 1.165) is 17.8 Å². The summed E-state index contributed by atoms with van der Waals surface area (Å²) >= 11 is 2.08. The van der Waals surface area contributed by atoms with Crippen LogP contribution in [0.4, 0.5) is 0 Å². The molecule has 5 atom stereocenters. The van der Waals surface area contributed by atoms with Crippen molar-refractivity contribution in [3.8, 4) is 0 Å². The SMILES string of the molecule is CC(NC(C)C1CC2CCC1C2)c1cc2c(s1)CCCC2. The van der Waals surface area contributed by atoms with Crippen LogP contribution >= 0.6 is 11.3 Å². The van der Waals surface area contributed by atoms with Crippen LogP contribution in [0.5, 0.6) is 0 Å². The predicted molar refractivity (Wildman–Crippen MR) is 90.9 cm³/mol. The molecule has 2 bridgehead atoms.